The quantitative estimate of drug-likeness (QED) is 0.847. The molecule has 0 aliphatic rings. The molecular weight excluding hydrogens is 266 g/mol. The Morgan fingerprint density at radius 3 is 2.62 bits per heavy atom. The first-order valence-corrected chi connectivity index (χ1v) is 6.53. The van der Waals surface area contributed by atoms with E-state index in [0.29, 0.717) is 22.7 Å². The number of benzene rings is 2. The molecule has 0 spiro atoms. The SMILES string of the molecule is COc1cccc(C(=O)Nc2cc(N)ccc2N(C)C)c1. The zero-order valence-electron chi connectivity index (χ0n) is 12.4. The Labute approximate surface area is 124 Å². The van der Waals surface area contributed by atoms with E-state index in [-0.39, 0.29) is 5.91 Å². The second kappa shape index (κ2) is 6.17. The Balaban J connectivity index is 2.28. The van der Waals surface area contributed by atoms with E-state index in [4.69, 9.17) is 10.5 Å². The lowest BCUT2D eigenvalue weighted by Crippen LogP contribution is -2.17. The van der Waals surface area contributed by atoms with Crippen LogP contribution in [0.3, 0.4) is 0 Å². The molecule has 0 radical (unpaired) electrons. The Morgan fingerprint density at radius 2 is 1.95 bits per heavy atom. The number of nitrogen functional groups attached to an aromatic ring is 1. The van der Waals surface area contributed by atoms with Crippen LogP contribution in [-0.4, -0.2) is 27.1 Å². The van der Waals surface area contributed by atoms with Crippen molar-refractivity contribution in [2.75, 3.05) is 37.2 Å². The van der Waals surface area contributed by atoms with E-state index in [1.165, 1.54) is 0 Å². The van der Waals surface area contributed by atoms with Crippen molar-refractivity contribution >= 4 is 23.0 Å². The maximum absolute atomic E-state index is 12.3. The molecule has 0 aliphatic carbocycles. The average Bonchev–Trinajstić information content (AvgIpc) is 2.47. The van der Waals surface area contributed by atoms with Gasteiger partial charge >= 0.3 is 0 Å². The highest BCUT2D eigenvalue weighted by molar-refractivity contribution is 6.06. The van der Waals surface area contributed by atoms with Crippen LogP contribution in [0.1, 0.15) is 10.4 Å². The molecule has 0 aromatic heterocycles. The lowest BCUT2D eigenvalue weighted by atomic mass is 10.1. The van der Waals surface area contributed by atoms with Gasteiger partial charge in [0.15, 0.2) is 0 Å². The van der Waals surface area contributed by atoms with Crippen molar-refractivity contribution in [3.8, 4) is 5.75 Å². The fourth-order valence-electron chi connectivity index (χ4n) is 2.00. The van der Waals surface area contributed by atoms with Crippen LogP contribution in [0.25, 0.3) is 0 Å². The Hall–Kier alpha value is -2.69. The second-order valence-electron chi connectivity index (χ2n) is 4.86. The van der Waals surface area contributed by atoms with Gasteiger partial charge in [-0.1, -0.05) is 6.07 Å². The van der Waals surface area contributed by atoms with Gasteiger partial charge < -0.3 is 20.7 Å². The number of rotatable bonds is 4. The minimum absolute atomic E-state index is 0.206. The van der Waals surface area contributed by atoms with Crippen molar-refractivity contribution in [2.45, 2.75) is 0 Å². The lowest BCUT2D eigenvalue weighted by molar-refractivity contribution is 0.102. The summed E-state index contributed by atoms with van der Waals surface area (Å²) in [5.74, 6) is 0.436. The number of nitrogens with zero attached hydrogens (tertiary/aromatic N) is 1. The number of nitrogens with one attached hydrogen (secondary N) is 1. The zero-order chi connectivity index (χ0) is 15.4. The molecule has 0 fully saturated rings. The number of methoxy groups -OCH3 is 1. The fourth-order valence-corrected chi connectivity index (χ4v) is 2.00. The summed E-state index contributed by atoms with van der Waals surface area (Å²) >= 11 is 0. The summed E-state index contributed by atoms with van der Waals surface area (Å²) in [6, 6.07) is 12.4. The molecule has 5 nitrogen and oxygen atoms in total. The van der Waals surface area contributed by atoms with Crippen LogP contribution in [0, 0.1) is 0 Å². The Kier molecular flexibility index (Phi) is 4.33. The van der Waals surface area contributed by atoms with Crippen LogP contribution in [-0.2, 0) is 0 Å². The number of ether oxygens (including phenoxy) is 1. The normalized spacial score (nSPS) is 10.0. The molecule has 0 saturated heterocycles. The molecule has 21 heavy (non-hydrogen) atoms. The van der Waals surface area contributed by atoms with E-state index in [9.17, 15) is 4.79 Å². The summed E-state index contributed by atoms with van der Waals surface area (Å²) in [4.78, 5) is 14.3. The van der Waals surface area contributed by atoms with Crippen LogP contribution in [0.5, 0.6) is 5.75 Å². The summed E-state index contributed by atoms with van der Waals surface area (Å²) in [5, 5.41) is 2.88. The third kappa shape index (κ3) is 3.45. The molecule has 3 N–H and O–H groups in total. The minimum Gasteiger partial charge on any atom is -0.497 e. The maximum Gasteiger partial charge on any atom is 0.255 e. The standard InChI is InChI=1S/C16H19N3O2/c1-19(2)15-8-7-12(17)10-14(15)18-16(20)11-5-4-6-13(9-11)21-3/h4-10H,17H2,1-3H3,(H,18,20). The number of amides is 1. The third-order valence-corrected chi connectivity index (χ3v) is 3.08. The van der Waals surface area contributed by atoms with Gasteiger partial charge in [0.05, 0.1) is 18.5 Å². The number of carbonyl (C=O) groups excluding carboxylic acids is 1. The van der Waals surface area contributed by atoms with Crippen molar-refractivity contribution in [1.82, 2.24) is 0 Å². The molecule has 0 atom stereocenters. The number of hydrogen-bond donors (Lipinski definition) is 2. The topological polar surface area (TPSA) is 67.6 Å². The van der Waals surface area contributed by atoms with Crippen molar-refractivity contribution < 1.29 is 9.53 Å². The van der Waals surface area contributed by atoms with Gasteiger partial charge in [0.2, 0.25) is 0 Å². The van der Waals surface area contributed by atoms with Gasteiger partial charge in [0.25, 0.3) is 5.91 Å². The number of anilines is 3. The van der Waals surface area contributed by atoms with E-state index < -0.39 is 0 Å². The highest BCUT2D eigenvalue weighted by atomic mass is 16.5. The van der Waals surface area contributed by atoms with Crippen molar-refractivity contribution in [2.24, 2.45) is 0 Å². The van der Waals surface area contributed by atoms with Crippen LogP contribution in [0.15, 0.2) is 42.5 Å². The van der Waals surface area contributed by atoms with Crippen LogP contribution in [0.2, 0.25) is 0 Å². The van der Waals surface area contributed by atoms with E-state index in [0.717, 1.165) is 5.69 Å². The molecule has 5 heteroatoms. The average molecular weight is 285 g/mol. The summed E-state index contributed by atoms with van der Waals surface area (Å²) in [6.07, 6.45) is 0. The molecule has 2 rings (SSSR count). The van der Waals surface area contributed by atoms with Gasteiger partial charge in [-0.25, -0.2) is 0 Å². The van der Waals surface area contributed by atoms with E-state index in [1.54, 1.807) is 43.5 Å². The second-order valence-corrected chi connectivity index (χ2v) is 4.86. The van der Waals surface area contributed by atoms with Crippen LogP contribution in [0.4, 0.5) is 17.1 Å². The molecule has 0 heterocycles. The van der Waals surface area contributed by atoms with E-state index >= 15 is 0 Å². The van der Waals surface area contributed by atoms with Crippen LogP contribution < -0.4 is 20.7 Å². The van der Waals surface area contributed by atoms with Crippen molar-refractivity contribution in [3.63, 3.8) is 0 Å². The maximum atomic E-state index is 12.3. The molecule has 1 amide bonds. The fraction of sp³-hybridized carbons (Fsp3) is 0.188. The summed E-state index contributed by atoms with van der Waals surface area (Å²) < 4.78 is 5.13. The van der Waals surface area contributed by atoms with Crippen LogP contribution >= 0.6 is 0 Å². The Bertz CT molecular complexity index is 654. The minimum atomic E-state index is -0.206. The summed E-state index contributed by atoms with van der Waals surface area (Å²) in [5.41, 5.74) is 8.49. The predicted molar refractivity (Wildman–Crippen MR) is 86.1 cm³/mol. The molecule has 0 bridgehead atoms. The molecule has 110 valence electrons. The van der Waals surface area contributed by atoms with Gasteiger partial charge in [-0.05, 0) is 36.4 Å². The van der Waals surface area contributed by atoms with Gasteiger partial charge in [-0.15, -0.1) is 0 Å². The van der Waals surface area contributed by atoms with Crippen molar-refractivity contribution in [1.29, 1.82) is 0 Å². The highest BCUT2D eigenvalue weighted by Crippen LogP contribution is 2.27. The lowest BCUT2D eigenvalue weighted by Gasteiger charge is -2.18. The first kappa shape index (κ1) is 14.7. The molecular formula is C16H19N3O2. The molecule has 0 unspecified atom stereocenters. The van der Waals surface area contributed by atoms with E-state index in [1.807, 2.05) is 25.1 Å². The first-order valence-electron chi connectivity index (χ1n) is 6.53. The zero-order valence-corrected chi connectivity index (χ0v) is 12.4. The first-order chi connectivity index (χ1) is 10.0. The molecule has 2 aromatic carbocycles. The summed E-state index contributed by atoms with van der Waals surface area (Å²) in [6.45, 7) is 0. The predicted octanol–water partition coefficient (Wildman–Crippen LogP) is 2.60. The largest absolute Gasteiger partial charge is 0.497 e. The monoisotopic (exact) mass is 285 g/mol. The van der Waals surface area contributed by atoms with Gasteiger partial charge in [0, 0.05) is 25.3 Å². The van der Waals surface area contributed by atoms with Crippen molar-refractivity contribution in [3.05, 3.63) is 48.0 Å². The molecule has 0 aliphatic heterocycles. The third-order valence-electron chi connectivity index (χ3n) is 3.08. The van der Waals surface area contributed by atoms with Gasteiger partial charge in [-0.2, -0.15) is 0 Å². The van der Waals surface area contributed by atoms with E-state index in [2.05, 4.69) is 5.32 Å². The number of carbonyl (C=O) groups is 1. The summed E-state index contributed by atoms with van der Waals surface area (Å²) in [7, 11) is 5.39. The highest BCUT2D eigenvalue weighted by Gasteiger charge is 2.11. The van der Waals surface area contributed by atoms with Gasteiger partial charge in [-0.3, -0.25) is 4.79 Å². The smallest absolute Gasteiger partial charge is 0.255 e. The number of hydrogen-bond acceptors (Lipinski definition) is 4. The molecule has 0 saturated carbocycles. The van der Waals surface area contributed by atoms with Gasteiger partial charge in [0.1, 0.15) is 5.75 Å². The number of nitrogens with two attached hydrogens (primary N) is 1. The Morgan fingerprint density at radius 1 is 1.19 bits per heavy atom. The molecule has 2 aromatic rings.